The average molecular weight is 253 g/mol. The Labute approximate surface area is 101 Å². The minimum Gasteiger partial charge on any atom is -0.393 e. The lowest BCUT2D eigenvalue weighted by atomic mass is 10.5. The first kappa shape index (κ1) is 10.8. The second-order valence-electron chi connectivity index (χ2n) is 3.62. The maximum Gasteiger partial charge on any atom is 0.166 e. The van der Waals surface area contributed by atoms with Gasteiger partial charge < -0.3 is 15.6 Å². The van der Waals surface area contributed by atoms with E-state index in [0.29, 0.717) is 23.6 Å². The van der Waals surface area contributed by atoms with E-state index < -0.39 is 0 Å². The Hall–Kier alpha value is -1.38. The molecule has 90 valence electrons. The van der Waals surface area contributed by atoms with Gasteiger partial charge >= 0.3 is 0 Å². The summed E-state index contributed by atoms with van der Waals surface area (Å²) in [4.78, 5) is 12.3. The fourth-order valence-corrected chi connectivity index (χ4v) is 2.80. The molecule has 2 atom stereocenters. The molecule has 7 nitrogen and oxygen atoms in total. The van der Waals surface area contributed by atoms with Crippen LogP contribution in [0.4, 0.5) is 5.82 Å². The van der Waals surface area contributed by atoms with E-state index in [1.54, 1.807) is 6.33 Å². The van der Waals surface area contributed by atoms with Gasteiger partial charge in [-0.05, 0) is 0 Å². The highest BCUT2D eigenvalue weighted by molar-refractivity contribution is 8.00. The number of ether oxygens (including phenoxy) is 1. The minimum absolute atomic E-state index is 0.00488. The number of thioether (sulfide) groups is 1. The standard InChI is InChI=1S/C9H11N5O2S/c10-8-7-9(12-3-11-8)14(4-13-7)5-2-16-6(1-15)17-5/h3-6,15H,1-2H2,(H2,10,11,12)/t5-,6-/m0/s1. The van der Waals surface area contributed by atoms with E-state index in [1.165, 1.54) is 18.1 Å². The zero-order valence-corrected chi connectivity index (χ0v) is 9.67. The van der Waals surface area contributed by atoms with E-state index >= 15 is 0 Å². The molecule has 2 aromatic rings. The van der Waals surface area contributed by atoms with Crippen molar-refractivity contribution in [1.82, 2.24) is 19.5 Å². The highest BCUT2D eigenvalue weighted by Crippen LogP contribution is 2.36. The molecule has 1 aliphatic rings. The Balaban J connectivity index is 1.99. The maximum absolute atomic E-state index is 9.02. The first-order valence-corrected chi connectivity index (χ1v) is 6.05. The van der Waals surface area contributed by atoms with E-state index in [0.717, 1.165) is 0 Å². The van der Waals surface area contributed by atoms with Gasteiger partial charge in [-0.25, -0.2) is 15.0 Å². The third-order valence-electron chi connectivity index (χ3n) is 2.58. The highest BCUT2D eigenvalue weighted by atomic mass is 32.2. The molecule has 0 saturated carbocycles. The summed E-state index contributed by atoms with van der Waals surface area (Å²) in [6, 6.07) is 0. The zero-order valence-electron chi connectivity index (χ0n) is 8.85. The predicted molar refractivity (Wildman–Crippen MR) is 63.2 cm³/mol. The van der Waals surface area contributed by atoms with Crippen LogP contribution in [0.25, 0.3) is 11.2 Å². The van der Waals surface area contributed by atoms with Gasteiger partial charge in [0.1, 0.15) is 22.7 Å². The van der Waals surface area contributed by atoms with Crippen molar-refractivity contribution in [2.45, 2.75) is 10.8 Å². The van der Waals surface area contributed by atoms with Crippen LogP contribution >= 0.6 is 11.8 Å². The fraction of sp³-hybridized carbons (Fsp3) is 0.444. The van der Waals surface area contributed by atoms with Gasteiger partial charge in [0.15, 0.2) is 11.5 Å². The van der Waals surface area contributed by atoms with Crippen LogP contribution in [0, 0.1) is 0 Å². The van der Waals surface area contributed by atoms with Gasteiger partial charge in [0, 0.05) is 0 Å². The van der Waals surface area contributed by atoms with E-state index in [1.807, 2.05) is 4.57 Å². The number of fused-ring (bicyclic) bond motifs is 1. The molecule has 1 aliphatic heterocycles. The predicted octanol–water partition coefficient (Wildman–Crippen LogP) is -0.0111. The van der Waals surface area contributed by atoms with Gasteiger partial charge in [-0.3, -0.25) is 4.57 Å². The molecular weight excluding hydrogens is 242 g/mol. The van der Waals surface area contributed by atoms with Crippen molar-refractivity contribution in [1.29, 1.82) is 0 Å². The van der Waals surface area contributed by atoms with Crippen molar-refractivity contribution < 1.29 is 9.84 Å². The second kappa shape index (κ2) is 4.13. The number of nitrogens with zero attached hydrogens (tertiary/aromatic N) is 4. The Morgan fingerprint density at radius 1 is 1.53 bits per heavy atom. The number of nitrogen functional groups attached to an aromatic ring is 1. The van der Waals surface area contributed by atoms with Crippen LogP contribution in [-0.4, -0.2) is 43.3 Å². The topological polar surface area (TPSA) is 99.1 Å². The number of aliphatic hydroxyl groups is 1. The largest absolute Gasteiger partial charge is 0.393 e. The third-order valence-corrected chi connectivity index (χ3v) is 3.85. The number of imidazole rings is 1. The second-order valence-corrected chi connectivity index (χ2v) is 4.96. The number of anilines is 1. The van der Waals surface area contributed by atoms with Gasteiger partial charge in [-0.15, -0.1) is 11.8 Å². The third kappa shape index (κ3) is 1.74. The van der Waals surface area contributed by atoms with Crippen molar-refractivity contribution in [2.75, 3.05) is 18.9 Å². The molecule has 0 bridgehead atoms. The maximum atomic E-state index is 9.02. The number of aromatic nitrogens is 4. The zero-order chi connectivity index (χ0) is 11.8. The lowest BCUT2D eigenvalue weighted by Crippen LogP contribution is -2.05. The number of nitrogens with two attached hydrogens (primary N) is 1. The molecule has 0 amide bonds. The van der Waals surface area contributed by atoms with Crippen LogP contribution in [0.5, 0.6) is 0 Å². The molecule has 1 fully saturated rings. The summed E-state index contributed by atoms with van der Waals surface area (Å²) in [5.74, 6) is 0.372. The van der Waals surface area contributed by atoms with E-state index in [4.69, 9.17) is 15.6 Å². The van der Waals surface area contributed by atoms with Gasteiger partial charge in [-0.1, -0.05) is 0 Å². The molecule has 0 aliphatic carbocycles. The molecule has 0 unspecified atom stereocenters. The Morgan fingerprint density at radius 3 is 3.18 bits per heavy atom. The summed E-state index contributed by atoms with van der Waals surface area (Å²) in [5.41, 5.74) is 6.82. The van der Waals surface area contributed by atoms with Gasteiger partial charge in [0.05, 0.1) is 19.5 Å². The molecule has 3 N–H and O–H groups in total. The molecule has 0 radical (unpaired) electrons. The van der Waals surface area contributed by atoms with Crippen molar-refractivity contribution in [3.63, 3.8) is 0 Å². The lowest BCUT2D eigenvalue weighted by Gasteiger charge is -2.09. The lowest BCUT2D eigenvalue weighted by molar-refractivity contribution is 0.0810. The van der Waals surface area contributed by atoms with E-state index in [2.05, 4.69) is 15.0 Å². The van der Waals surface area contributed by atoms with Gasteiger partial charge in [0.2, 0.25) is 0 Å². The van der Waals surface area contributed by atoms with Crippen LogP contribution < -0.4 is 5.73 Å². The van der Waals surface area contributed by atoms with Crippen LogP contribution in [0.3, 0.4) is 0 Å². The minimum atomic E-state index is -0.184. The summed E-state index contributed by atoms with van der Waals surface area (Å²) >= 11 is 1.54. The molecule has 0 aromatic carbocycles. The highest BCUT2D eigenvalue weighted by Gasteiger charge is 2.28. The van der Waals surface area contributed by atoms with Gasteiger partial charge in [-0.2, -0.15) is 0 Å². The van der Waals surface area contributed by atoms with Crippen molar-refractivity contribution >= 4 is 28.7 Å². The summed E-state index contributed by atoms with van der Waals surface area (Å²) in [5, 5.41) is 9.08. The molecule has 3 heterocycles. The normalized spacial score (nSPS) is 24.5. The molecular formula is C9H11N5O2S. The van der Waals surface area contributed by atoms with Crippen molar-refractivity contribution in [3.8, 4) is 0 Å². The fourth-order valence-electron chi connectivity index (χ4n) is 1.77. The number of hydrogen-bond acceptors (Lipinski definition) is 7. The molecule has 0 spiro atoms. The molecule has 2 aromatic heterocycles. The van der Waals surface area contributed by atoms with Crippen LogP contribution in [0.2, 0.25) is 0 Å². The summed E-state index contributed by atoms with van der Waals surface area (Å²) in [6.45, 7) is 0.524. The molecule has 17 heavy (non-hydrogen) atoms. The Morgan fingerprint density at radius 2 is 2.41 bits per heavy atom. The quantitative estimate of drug-likeness (QED) is 0.776. The molecule has 8 heteroatoms. The summed E-state index contributed by atoms with van der Waals surface area (Å²) in [6.07, 6.45) is 3.09. The Kier molecular flexibility index (Phi) is 2.61. The van der Waals surface area contributed by atoms with Crippen LogP contribution in [0.1, 0.15) is 5.37 Å². The molecule has 1 saturated heterocycles. The smallest absolute Gasteiger partial charge is 0.166 e. The first-order chi connectivity index (χ1) is 8.29. The summed E-state index contributed by atoms with van der Waals surface area (Å²) < 4.78 is 7.30. The number of aliphatic hydroxyl groups excluding tert-OH is 1. The Bertz CT molecular complexity index is 545. The number of rotatable bonds is 2. The van der Waals surface area contributed by atoms with Crippen LogP contribution in [-0.2, 0) is 4.74 Å². The van der Waals surface area contributed by atoms with Crippen LogP contribution in [0.15, 0.2) is 12.7 Å². The average Bonchev–Trinajstić information content (AvgIpc) is 2.94. The molecule has 3 rings (SSSR count). The number of hydrogen-bond donors (Lipinski definition) is 2. The van der Waals surface area contributed by atoms with E-state index in [9.17, 15) is 0 Å². The van der Waals surface area contributed by atoms with Crippen molar-refractivity contribution in [3.05, 3.63) is 12.7 Å². The van der Waals surface area contributed by atoms with Gasteiger partial charge in [0.25, 0.3) is 0 Å². The summed E-state index contributed by atoms with van der Waals surface area (Å²) in [7, 11) is 0. The first-order valence-electron chi connectivity index (χ1n) is 5.10. The van der Waals surface area contributed by atoms with Crippen molar-refractivity contribution in [2.24, 2.45) is 0 Å². The monoisotopic (exact) mass is 253 g/mol. The SMILES string of the molecule is Nc1ncnc2c1ncn2[C@@H]1CO[C@H](CO)S1. The van der Waals surface area contributed by atoms with E-state index in [-0.39, 0.29) is 17.4 Å².